The molecule has 1 aliphatic rings. The summed E-state index contributed by atoms with van der Waals surface area (Å²) in [5, 5.41) is 1.58. The predicted octanol–water partition coefficient (Wildman–Crippen LogP) is 2.35. The van der Waals surface area contributed by atoms with Gasteiger partial charge in [-0.05, 0) is 18.9 Å². The molecule has 1 aromatic rings. The Morgan fingerprint density at radius 3 is 2.73 bits per heavy atom. The van der Waals surface area contributed by atoms with Gasteiger partial charge < -0.3 is 9.53 Å². The fraction of sp³-hybridized carbons (Fsp3) is 0.529. The zero-order chi connectivity index (χ0) is 15.9. The van der Waals surface area contributed by atoms with Gasteiger partial charge in [0.25, 0.3) is 0 Å². The summed E-state index contributed by atoms with van der Waals surface area (Å²) in [7, 11) is 0. The standard InChI is InChI=1S/C17H23NO4/c1-3-4-10-21-17(20)16-15(12-19)13(2)22-18(16)11-14-8-6-5-7-9-14/h5-9,12-13,15-16H,3-4,10-11H2,1-2H3/t13-,15-,16-/m1/s1. The van der Waals surface area contributed by atoms with E-state index in [1.165, 1.54) is 0 Å². The van der Waals surface area contributed by atoms with Gasteiger partial charge in [-0.3, -0.25) is 9.63 Å². The third-order valence-corrected chi connectivity index (χ3v) is 3.84. The molecule has 0 radical (unpaired) electrons. The van der Waals surface area contributed by atoms with E-state index in [0.717, 1.165) is 24.7 Å². The second-order valence-corrected chi connectivity index (χ2v) is 5.55. The number of hydrogen-bond donors (Lipinski definition) is 0. The lowest BCUT2D eigenvalue weighted by atomic mass is 9.97. The molecule has 1 aliphatic heterocycles. The van der Waals surface area contributed by atoms with Gasteiger partial charge >= 0.3 is 5.97 Å². The molecule has 2 rings (SSSR count). The number of rotatable bonds is 7. The predicted molar refractivity (Wildman–Crippen MR) is 81.7 cm³/mol. The zero-order valence-corrected chi connectivity index (χ0v) is 13.1. The van der Waals surface area contributed by atoms with Gasteiger partial charge in [-0.15, -0.1) is 0 Å². The molecule has 1 aromatic carbocycles. The highest BCUT2D eigenvalue weighted by Gasteiger charge is 2.46. The molecule has 0 unspecified atom stereocenters. The summed E-state index contributed by atoms with van der Waals surface area (Å²) >= 11 is 0. The van der Waals surface area contributed by atoms with E-state index in [1.807, 2.05) is 37.3 Å². The monoisotopic (exact) mass is 305 g/mol. The molecule has 0 aromatic heterocycles. The van der Waals surface area contributed by atoms with Gasteiger partial charge in [0.15, 0.2) is 0 Å². The van der Waals surface area contributed by atoms with Crippen LogP contribution < -0.4 is 0 Å². The van der Waals surface area contributed by atoms with Gasteiger partial charge in [-0.25, -0.2) is 0 Å². The average molecular weight is 305 g/mol. The van der Waals surface area contributed by atoms with Crippen LogP contribution in [0.2, 0.25) is 0 Å². The number of hydrogen-bond acceptors (Lipinski definition) is 5. The first-order valence-corrected chi connectivity index (χ1v) is 7.76. The largest absolute Gasteiger partial charge is 0.464 e. The Kier molecular flexibility index (Phi) is 6.10. The maximum atomic E-state index is 12.3. The van der Waals surface area contributed by atoms with Crippen molar-refractivity contribution in [1.29, 1.82) is 0 Å². The quantitative estimate of drug-likeness (QED) is 0.440. The molecule has 5 nitrogen and oxygen atoms in total. The summed E-state index contributed by atoms with van der Waals surface area (Å²) in [5.74, 6) is -0.885. The third kappa shape index (κ3) is 3.93. The Bertz CT molecular complexity index is 491. The summed E-state index contributed by atoms with van der Waals surface area (Å²) in [6.45, 7) is 4.66. The van der Waals surface area contributed by atoms with Gasteiger partial charge in [-0.1, -0.05) is 43.7 Å². The molecular weight excluding hydrogens is 282 g/mol. The normalized spacial score (nSPS) is 25.1. The minimum Gasteiger partial charge on any atom is -0.464 e. The van der Waals surface area contributed by atoms with Crippen LogP contribution in [0.4, 0.5) is 0 Å². The average Bonchev–Trinajstić information content (AvgIpc) is 2.83. The molecule has 3 atom stereocenters. The van der Waals surface area contributed by atoms with Crippen molar-refractivity contribution >= 4 is 12.3 Å². The number of carbonyl (C=O) groups excluding carboxylic acids is 2. The van der Waals surface area contributed by atoms with Crippen LogP contribution in [-0.4, -0.2) is 36.1 Å². The molecule has 0 spiro atoms. The molecule has 0 bridgehead atoms. The summed E-state index contributed by atoms with van der Waals surface area (Å²) in [6, 6.07) is 9.04. The third-order valence-electron chi connectivity index (χ3n) is 3.84. The first-order valence-electron chi connectivity index (χ1n) is 7.76. The second kappa shape index (κ2) is 8.06. The summed E-state index contributed by atoms with van der Waals surface area (Å²) in [6.07, 6.45) is 2.24. The van der Waals surface area contributed by atoms with Crippen LogP contribution in [0, 0.1) is 5.92 Å². The van der Waals surface area contributed by atoms with Gasteiger partial charge in [0, 0.05) is 0 Å². The SMILES string of the molecule is CCCCOC(=O)[C@H]1[C@H](C=O)[C@@H](C)ON1Cc1ccccc1. The van der Waals surface area contributed by atoms with Gasteiger partial charge in [0.1, 0.15) is 12.3 Å². The minimum atomic E-state index is -0.676. The number of ether oxygens (including phenoxy) is 1. The number of benzene rings is 1. The van der Waals surface area contributed by atoms with E-state index < -0.39 is 12.0 Å². The molecular formula is C17H23NO4. The van der Waals surface area contributed by atoms with Crippen molar-refractivity contribution < 1.29 is 19.2 Å². The highest BCUT2D eigenvalue weighted by Crippen LogP contribution is 2.28. The van der Waals surface area contributed by atoms with Crippen molar-refractivity contribution in [3.05, 3.63) is 35.9 Å². The van der Waals surface area contributed by atoms with Crippen LogP contribution in [0.5, 0.6) is 0 Å². The number of esters is 1. The van der Waals surface area contributed by atoms with Crippen molar-refractivity contribution in [3.63, 3.8) is 0 Å². The van der Waals surface area contributed by atoms with Crippen LogP contribution in [-0.2, 0) is 25.7 Å². The minimum absolute atomic E-state index is 0.329. The number of carbonyl (C=O) groups is 2. The van der Waals surface area contributed by atoms with E-state index in [0.29, 0.717) is 13.2 Å². The van der Waals surface area contributed by atoms with Crippen molar-refractivity contribution in [2.75, 3.05) is 6.61 Å². The Balaban J connectivity index is 2.09. The number of unbranched alkanes of at least 4 members (excludes halogenated alkanes) is 1. The Hall–Kier alpha value is -1.72. The van der Waals surface area contributed by atoms with Gasteiger partial charge in [0.2, 0.25) is 0 Å². The van der Waals surface area contributed by atoms with Crippen LogP contribution in [0.1, 0.15) is 32.3 Å². The molecule has 1 heterocycles. The number of aldehydes is 1. The number of hydroxylamine groups is 2. The Morgan fingerprint density at radius 2 is 2.09 bits per heavy atom. The maximum absolute atomic E-state index is 12.3. The molecule has 5 heteroatoms. The molecule has 0 amide bonds. The van der Waals surface area contributed by atoms with E-state index in [4.69, 9.17) is 9.57 Å². The van der Waals surface area contributed by atoms with Crippen LogP contribution in [0.15, 0.2) is 30.3 Å². The number of nitrogens with zero attached hydrogens (tertiary/aromatic N) is 1. The lowest BCUT2D eigenvalue weighted by Crippen LogP contribution is -2.41. The van der Waals surface area contributed by atoms with Crippen molar-refractivity contribution in [3.8, 4) is 0 Å². The zero-order valence-electron chi connectivity index (χ0n) is 13.1. The van der Waals surface area contributed by atoms with Crippen LogP contribution in [0.25, 0.3) is 0 Å². The van der Waals surface area contributed by atoms with E-state index in [9.17, 15) is 9.59 Å². The van der Waals surface area contributed by atoms with Crippen molar-refractivity contribution in [1.82, 2.24) is 5.06 Å². The first kappa shape index (κ1) is 16.6. The van der Waals surface area contributed by atoms with Gasteiger partial charge in [-0.2, -0.15) is 5.06 Å². The summed E-state index contributed by atoms with van der Waals surface area (Å²) in [5.41, 5.74) is 1.02. The summed E-state index contributed by atoms with van der Waals surface area (Å²) < 4.78 is 5.30. The fourth-order valence-electron chi connectivity index (χ4n) is 2.56. The topological polar surface area (TPSA) is 55.8 Å². The highest BCUT2D eigenvalue weighted by atomic mass is 16.7. The molecule has 1 saturated heterocycles. The highest BCUT2D eigenvalue weighted by molar-refractivity contribution is 5.80. The molecule has 1 fully saturated rings. The molecule has 0 saturated carbocycles. The first-order chi connectivity index (χ1) is 10.7. The van der Waals surface area contributed by atoms with Gasteiger partial charge in [0.05, 0.1) is 25.2 Å². The van der Waals surface area contributed by atoms with E-state index in [-0.39, 0.29) is 12.1 Å². The van der Waals surface area contributed by atoms with Crippen molar-refractivity contribution in [2.24, 2.45) is 5.92 Å². The van der Waals surface area contributed by atoms with E-state index >= 15 is 0 Å². The maximum Gasteiger partial charge on any atom is 0.326 e. The van der Waals surface area contributed by atoms with E-state index in [2.05, 4.69) is 0 Å². The smallest absolute Gasteiger partial charge is 0.326 e. The Labute approximate surface area is 131 Å². The van der Waals surface area contributed by atoms with Crippen molar-refractivity contribution in [2.45, 2.75) is 45.4 Å². The Morgan fingerprint density at radius 1 is 1.36 bits per heavy atom. The van der Waals surface area contributed by atoms with Crippen LogP contribution >= 0.6 is 0 Å². The lowest BCUT2D eigenvalue weighted by molar-refractivity contribution is -0.184. The lowest BCUT2D eigenvalue weighted by Gasteiger charge is -2.22. The summed E-state index contributed by atoms with van der Waals surface area (Å²) in [4.78, 5) is 29.4. The fourth-order valence-corrected chi connectivity index (χ4v) is 2.56. The second-order valence-electron chi connectivity index (χ2n) is 5.55. The molecule has 120 valence electrons. The van der Waals surface area contributed by atoms with E-state index in [1.54, 1.807) is 12.0 Å². The molecule has 0 N–H and O–H groups in total. The van der Waals surface area contributed by atoms with Crippen LogP contribution in [0.3, 0.4) is 0 Å². The molecule has 22 heavy (non-hydrogen) atoms. The molecule has 0 aliphatic carbocycles.